The number of aromatic nitrogens is 1. The van der Waals surface area contributed by atoms with Crippen molar-refractivity contribution in [2.75, 3.05) is 18.4 Å². The standard InChI is InChI=1S/C22H23N3O4S/c1-16-10-11-18(30(27,28)25-12-6-3-7-13-25)14-19(16)23-22(26)20-15-21(29-24-20)17-8-4-2-5-9-17/h2,4-5,8-11,14-15H,3,6-7,12-13H2,1H3,(H,23,26). The normalized spacial score (nSPS) is 15.1. The average Bonchev–Trinajstić information content (AvgIpc) is 3.27. The molecular weight excluding hydrogens is 402 g/mol. The second-order valence-corrected chi connectivity index (χ2v) is 9.28. The SMILES string of the molecule is Cc1ccc(S(=O)(=O)N2CCCCC2)cc1NC(=O)c1cc(-c2ccccc2)on1. The molecule has 0 unspecified atom stereocenters. The Labute approximate surface area is 175 Å². The molecule has 7 nitrogen and oxygen atoms in total. The number of sulfonamides is 1. The topological polar surface area (TPSA) is 92.5 Å². The van der Waals surface area contributed by atoms with Gasteiger partial charge in [0.2, 0.25) is 10.0 Å². The number of anilines is 1. The summed E-state index contributed by atoms with van der Waals surface area (Å²) in [5.74, 6) is 0.0236. The van der Waals surface area contributed by atoms with Gasteiger partial charge in [-0.15, -0.1) is 0 Å². The van der Waals surface area contributed by atoms with Crippen molar-refractivity contribution in [3.8, 4) is 11.3 Å². The molecule has 156 valence electrons. The van der Waals surface area contributed by atoms with Crippen molar-refractivity contribution in [3.05, 3.63) is 65.9 Å². The van der Waals surface area contributed by atoms with Gasteiger partial charge >= 0.3 is 0 Å². The van der Waals surface area contributed by atoms with E-state index >= 15 is 0 Å². The van der Waals surface area contributed by atoms with Gasteiger partial charge in [0.15, 0.2) is 11.5 Å². The summed E-state index contributed by atoms with van der Waals surface area (Å²) in [6.45, 7) is 2.86. The third-order valence-electron chi connectivity index (χ3n) is 5.21. The van der Waals surface area contributed by atoms with Gasteiger partial charge in [0.25, 0.3) is 5.91 Å². The van der Waals surface area contributed by atoms with Crippen molar-refractivity contribution in [2.45, 2.75) is 31.1 Å². The molecule has 1 aliphatic rings. The minimum absolute atomic E-state index is 0.123. The summed E-state index contributed by atoms with van der Waals surface area (Å²) in [6, 6.07) is 15.7. The molecule has 0 bridgehead atoms. The number of amides is 1. The molecule has 2 heterocycles. The van der Waals surface area contributed by atoms with Crippen LogP contribution in [0.3, 0.4) is 0 Å². The average molecular weight is 426 g/mol. The van der Waals surface area contributed by atoms with Crippen LogP contribution in [-0.2, 0) is 10.0 Å². The largest absolute Gasteiger partial charge is 0.355 e. The second-order valence-electron chi connectivity index (χ2n) is 7.34. The Bertz CT molecular complexity index is 1150. The Hall–Kier alpha value is -2.97. The molecule has 30 heavy (non-hydrogen) atoms. The number of benzene rings is 2. The maximum atomic E-state index is 13.0. The first kappa shape index (κ1) is 20.3. The summed E-state index contributed by atoms with van der Waals surface area (Å²) in [4.78, 5) is 12.9. The molecule has 0 aliphatic carbocycles. The zero-order valence-corrected chi connectivity index (χ0v) is 17.5. The number of hydrogen-bond acceptors (Lipinski definition) is 5. The van der Waals surface area contributed by atoms with E-state index in [0.29, 0.717) is 24.5 Å². The number of carbonyl (C=O) groups is 1. The number of hydrogen-bond donors (Lipinski definition) is 1. The van der Waals surface area contributed by atoms with Crippen molar-refractivity contribution < 1.29 is 17.7 Å². The lowest BCUT2D eigenvalue weighted by Crippen LogP contribution is -2.35. The Morgan fingerprint density at radius 1 is 1.03 bits per heavy atom. The maximum absolute atomic E-state index is 13.0. The lowest BCUT2D eigenvalue weighted by atomic mass is 10.1. The number of rotatable bonds is 5. The fourth-order valence-corrected chi connectivity index (χ4v) is 5.00. The highest BCUT2D eigenvalue weighted by Gasteiger charge is 2.26. The van der Waals surface area contributed by atoms with Crippen LogP contribution in [0.1, 0.15) is 35.3 Å². The first-order chi connectivity index (χ1) is 14.4. The molecule has 1 aromatic heterocycles. The van der Waals surface area contributed by atoms with E-state index < -0.39 is 15.9 Å². The van der Waals surface area contributed by atoms with Crippen LogP contribution in [0.5, 0.6) is 0 Å². The van der Waals surface area contributed by atoms with Crippen LogP contribution in [0.15, 0.2) is 64.0 Å². The molecule has 1 N–H and O–H groups in total. The molecule has 8 heteroatoms. The summed E-state index contributed by atoms with van der Waals surface area (Å²) in [6.07, 6.45) is 2.78. The fraction of sp³-hybridized carbons (Fsp3) is 0.273. The summed E-state index contributed by atoms with van der Waals surface area (Å²) in [5.41, 5.74) is 2.13. The summed E-state index contributed by atoms with van der Waals surface area (Å²) in [7, 11) is -3.59. The Kier molecular flexibility index (Phi) is 5.69. The number of aryl methyl sites for hydroxylation is 1. The van der Waals surface area contributed by atoms with Gasteiger partial charge in [0, 0.05) is 30.4 Å². The Morgan fingerprint density at radius 2 is 1.77 bits per heavy atom. The van der Waals surface area contributed by atoms with E-state index in [1.807, 2.05) is 37.3 Å². The lowest BCUT2D eigenvalue weighted by molar-refractivity contribution is 0.101. The number of nitrogens with zero attached hydrogens (tertiary/aromatic N) is 2. The maximum Gasteiger partial charge on any atom is 0.277 e. The van der Waals surface area contributed by atoms with Gasteiger partial charge in [-0.3, -0.25) is 4.79 Å². The van der Waals surface area contributed by atoms with Crippen LogP contribution < -0.4 is 5.32 Å². The van der Waals surface area contributed by atoms with E-state index in [-0.39, 0.29) is 10.6 Å². The van der Waals surface area contributed by atoms with Crippen molar-refractivity contribution >= 4 is 21.6 Å². The minimum atomic E-state index is -3.59. The van der Waals surface area contributed by atoms with Crippen LogP contribution in [0, 0.1) is 6.92 Å². The van der Waals surface area contributed by atoms with E-state index in [4.69, 9.17) is 4.52 Å². The molecule has 4 rings (SSSR count). The predicted octanol–water partition coefficient (Wildman–Crippen LogP) is 4.08. The van der Waals surface area contributed by atoms with Crippen LogP contribution in [0.4, 0.5) is 5.69 Å². The number of carbonyl (C=O) groups excluding carboxylic acids is 1. The van der Waals surface area contributed by atoms with Gasteiger partial charge < -0.3 is 9.84 Å². The summed E-state index contributed by atoms with van der Waals surface area (Å²) >= 11 is 0. The van der Waals surface area contributed by atoms with Crippen molar-refractivity contribution in [1.29, 1.82) is 0 Å². The molecule has 0 saturated carbocycles. The van der Waals surface area contributed by atoms with E-state index in [0.717, 1.165) is 30.4 Å². The van der Waals surface area contributed by atoms with Crippen LogP contribution >= 0.6 is 0 Å². The molecule has 2 aromatic carbocycles. The Balaban J connectivity index is 1.55. The van der Waals surface area contributed by atoms with Gasteiger partial charge in [0.05, 0.1) is 4.90 Å². The van der Waals surface area contributed by atoms with Gasteiger partial charge in [-0.2, -0.15) is 4.31 Å². The first-order valence-corrected chi connectivity index (χ1v) is 11.3. The molecule has 0 spiro atoms. The Morgan fingerprint density at radius 3 is 2.50 bits per heavy atom. The van der Waals surface area contributed by atoms with Crippen LogP contribution in [0.25, 0.3) is 11.3 Å². The van der Waals surface area contributed by atoms with E-state index in [1.54, 1.807) is 18.2 Å². The highest BCUT2D eigenvalue weighted by Crippen LogP contribution is 2.26. The van der Waals surface area contributed by atoms with Gasteiger partial charge in [-0.1, -0.05) is 48.0 Å². The van der Waals surface area contributed by atoms with Gasteiger partial charge in [-0.25, -0.2) is 8.42 Å². The monoisotopic (exact) mass is 425 g/mol. The predicted molar refractivity (Wildman–Crippen MR) is 114 cm³/mol. The molecule has 0 radical (unpaired) electrons. The molecular formula is C22H23N3O4S. The quantitative estimate of drug-likeness (QED) is 0.665. The van der Waals surface area contributed by atoms with Gasteiger partial charge in [-0.05, 0) is 37.5 Å². The summed E-state index contributed by atoms with van der Waals surface area (Å²) < 4.78 is 32.7. The third-order valence-corrected chi connectivity index (χ3v) is 7.11. The lowest BCUT2D eigenvalue weighted by Gasteiger charge is -2.26. The summed E-state index contributed by atoms with van der Waals surface area (Å²) in [5, 5.41) is 6.61. The van der Waals surface area contributed by atoms with Gasteiger partial charge in [0.1, 0.15) is 0 Å². The number of piperidine rings is 1. The molecule has 1 fully saturated rings. The third kappa shape index (κ3) is 4.15. The molecule has 1 saturated heterocycles. The molecule has 1 amide bonds. The minimum Gasteiger partial charge on any atom is -0.355 e. The molecule has 3 aromatic rings. The zero-order chi connectivity index (χ0) is 21.1. The van der Waals surface area contributed by atoms with Crippen molar-refractivity contribution in [1.82, 2.24) is 9.46 Å². The molecule has 0 atom stereocenters. The van der Waals surface area contributed by atoms with E-state index in [1.165, 1.54) is 10.4 Å². The first-order valence-electron chi connectivity index (χ1n) is 9.89. The fourth-order valence-electron chi connectivity index (χ4n) is 3.46. The smallest absolute Gasteiger partial charge is 0.277 e. The van der Waals surface area contributed by atoms with Crippen molar-refractivity contribution in [3.63, 3.8) is 0 Å². The zero-order valence-electron chi connectivity index (χ0n) is 16.7. The van der Waals surface area contributed by atoms with E-state index in [9.17, 15) is 13.2 Å². The number of nitrogens with one attached hydrogen (secondary N) is 1. The second kappa shape index (κ2) is 8.41. The highest BCUT2D eigenvalue weighted by molar-refractivity contribution is 7.89. The highest BCUT2D eigenvalue weighted by atomic mass is 32.2. The van der Waals surface area contributed by atoms with E-state index in [2.05, 4.69) is 10.5 Å². The van der Waals surface area contributed by atoms with Crippen LogP contribution in [-0.4, -0.2) is 36.9 Å². The van der Waals surface area contributed by atoms with Crippen LogP contribution in [0.2, 0.25) is 0 Å². The molecule has 1 aliphatic heterocycles. The van der Waals surface area contributed by atoms with Crippen molar-refractivity contribution in [2.24, 2.45) is 0 Å².